The van der Waals surface area contributed by atoms with E-state index >= 15 is 4.39 Å². The number of aromatic nitrogens is 3. The zero-order valence-electron chi connectivity index (χ0n) is 44.8. The van der Waals surface area contributed by atoms with Gasteiger partial charge in [0, 0.05) is 55.4 Å². The number of phenols is 1. The number of carbonyl (C=O) groups excluding carboxylic acids is 3. The topological polar surface area (TPSA) is 171 Å². The van der Waals surface area contributed by atoms with Crippen molar-refractivity contribution in [1.29, 1.82) is 0 Å². The van der Waals surface area contributed by atoms with Crippen LogP contribution in [0.5, 0.6) is 11.8 Å². The number of likely N-dealkylation sites (tertiary alicyclic amines) is 2. The molecule has 17 heteroatoms. The fourth-order valence-electron chi connectivity index (χ4n) is 12.1. The molecule has 77 heavy (non-hydrogen) atoms. The number of rotatable bonds is 16. The standard InChI is InChI=1S/C60H71ClFN7O7S/c1-35(38-16-18-39(19-17-38)55-36(2)63-34-77-55)64-57(73)50-29-42(71)31-69(50)58(74)47(60(3,4)5)28-43(72)33-75-32-37-20-24-67(25-21-37)49-14-11-15-51(49)76-59-65-54-46(56(66-59)68-22-9-6-10-23-68)30-48(61)52(53(54)62)45-27-41(70)26-40-12-7-8-13-44(40)45/h7-8,12-13,16-19,26-27,30,34-35,37,42,47,49-51,70-71H,6,9-11,14-15,20-25,28-29,31-33H2,1-5H3,(H,64,73)/t35-,42+,47+,49+,50-,51+/m0/s1. The van der Waals surface area contributed by atoms with Crippen molar-refractivity contribution in [3.05, 3.63) is 94.3 Å². The number of carbonyl (C=O) groups is 3. The lowest BCUT2D eigenvalue weighted by atomic mass is 9.77. The van der Waals surface area contributed by atoms with Crippen molar-refractivity contribution in [3.8, 4) is 33.3 Å². The third-order valence-corrected chi connectivity index (χ3v) is 17.7. The zero-order valence-corrected chi connectivity index (χ0v) is 46.3. The van der Waals surface area contributed by atoms with E-state index in [0.717, 1.165) is 110 Å². The Morgan fingerprint density at radius 3 is 2.42 bits per heavy atom. The van der Waals surface area contributed by atoms with Crippen LogP contribution >= 0.6 is 22.9 Å². The maximum absolute atomic E-state index is 17.2. The maximum atomic E-state index is 17.2. The SMILES string of the molecule is Cc1ncsc1-c1ccc([C@H](C)NC(=O)[C@@H]2C[C@@H](O)CN2C(=O)[C@@H](CC(=O)COCC2CCN([C@@H]3CCC[C@H]3Oc3nc(N4CCCCC4)c4cc(Cl)c(-c5cc(O)cc6ccccc56)c(F)c4n3)CC2)C(C)(C)C)cc1. The third-order valence-electron chi connectivity index (χ3n) is 16.4. The molecule has 4 aromatic carbocycles. The lowest BCUT2D eigenvalue weighted by Gasteiger charge is -2.38. The molecule has 0 radical (unpaired) electrons. The predicted molar refractivity (Wildman–Crippen MR) is 300 cm³/mol. The fourth-order valence-corrected chi connectivity index (χ4v) is 13.3. The van der Waals surface area contributed by atoms with Gasteiger partial charge in [-0.05, 0) is 135 Å². The molecule has 4 fully saturated rings. The number of nitrogens with zero attached hydrogens (tertiary/aromatic N) is 6. The number of fused-ring (bicyclic) bond motifs is 2. The van der Waals surface area contributed by atoms with E-state index in [2.05, 4.69) is 20.1 Å². The number of aromatic hydroxyl groups is 1. The number of benzene rings is 4. The van der Waals surface area contributed by atoms with Crippen molar-refractivity contribution in [2.45, 2.75) is 129 Å². The Bertz CT molecular complexity index is 3120. The number of thiazole rings is 1. The summed E-state index contributed by atoms with van der Waals surface area (Å²) in [6.07, 6.45) is 6.61. The largest absolute Gasteiger partial charge is 0.508 e. The first-order valence-corrected chi connectivity index (χ1v) is 28.7. The number of Topliss-reactive ketones (excluding diaryl/α,β-unsaturated/α-hetero) is 1. The van der Waals surface area contributed by atoms with Crippen LogP contribution in [-0.4, -0.2) is 123 Å². The number of aliphatic hydroxyl groups excluding tert-OH is 1. The molecule has 1 saturated carbocycles. The van der Waals surface area contributed by atoms with Gasteiger partial charge in [-0.3, -0.25) is 19.3 Å². The average molecular weight is 1090 g/mol. The normalized spacial score (nSPS) is 21.5. The number of aliphatic hydroxyl groups is 1. The molecule has 10 rings (SSSR count). The molecule has 4 aliphatic rings. The molecule has 2 aromatic heterocycles. The molecule has 408 valence electrons. The van der Waals surface area contributed by atoms with Crippen molar-refractivity contribution >= 4 is 68.0 Å². The number of ketones is 1. The van der Waals surface area contributed by atoms with E-state index < -0.39 is 29.3 Å². The van der Waals surface area contributed by atoms with Crippen LogP contribution in [0.4, 0.5) is 10.2 Å². The van der Waals surface area contributed by atoms with E-state index in [9.17, 15) is 24.6 Å². The van der Waals surface area contributed by atoms with Crippen molar-refractivity contribution in [1.82, 2.24) is 30.1 Å². The number of amides is 2. The van der Waals surface area contributed by atoms with Crippen LogP contribution in [0.3, 0.4) is 0 Å². The second kappa shape index (κ2) is 23.3. The summed E-state index contributed by atoms with van der Waals surface area (Å²) in [6.45, 7) is 13.2. The van der Waals surface area contributed by atoms with Gasteiger partial charge >= 0.3 is 6.01 Å². The van der Waals surface area contributed by atoms with E-state index in [1.54, 1.807) is 29.5 Å². The second-order valence-electron chi connectivity index (χ2n) is 22.9. The Hall–Kier alpha value is -5.78. The molecule has 6 atom stereocenters. The second-order valence-corrected chi connectivity index (χ2v) is 24.1. The number of nitrogens with one attached hydrogen (secondary N) is 1. The Balaban J connectivity index is 0.744. The molecule has 14 nitrogen and oxygen atoms in total. The van der Waals surface area contributed by atoms with Crippen molar-refractivity contribution in [3.63, 3.8) is 0 Å². The highest BCUT2D eigenvalue weighted by atomic mass is 35.5. The molecule has 6 aromatic rings. The number of halogens is 2. The van der Waals surface area contributed by atoms with Crippen LogP contribution < -0.4 is 15.0 Å². The van der Waals surface area contributed by atoms with Gasteiger partial charge in [0.2, 0.25) is 11.8 Å². The maximum Gasteiger partial charge on any atom is 0.319 e. The van der Waals surface area contributed by atoms with Crippen LogP contribution in [-0.2, 0) is 19.1 Å². The van der Waals surface area contributed by atoms with Gasteiger partial charge in [0.05, 0.1) is 39.9 Å². The monoisotopic (exact) mass is 1090 g/mol. The molecule has 3 saturated heterocycles. The average Bonchev–Trinajstić information content (AvgIpc) is 4.20. The first kappa shape index (κ1) is 54.6. The minimum absolute atomic E-state index is 0.00994. The minimum Gasteiger partial charge on any atom is -0.508 e. The molecule has 5 heterocycles. The van der Waals surface area contributed by atoms with Gasteiger partial charge in [0.1, 0.15) is 35.8 Å². The number of ether oxygens (including phenoxy) is 2. The third kappa shape index (κ3) is 12.0. The molecule has 0 spiro atoms. The highest BCUT2D eigenvalue weighted by molar-refractivity contribution is 7.13. The number of β-amino-alcohol motifs (C(OH)–C–C–N with tert-alkyl or cyclic N) is 1. The Morgan fingerprint density at radius 2 is 1.69 bits per heavy atom. The molecule has 0 bridgehead atoms. The van der Waals surface area contributed by atoms with E-state index in [1.165, 1.54) is 4.90 Å². The number of hydrogen-bond acceptors (Lipinski definition) is 13. The van der Waals surface area contributed by atoms with Gasteiger partial charge in [-0.25, -0.2) is 9.37 Å². The van der Waals surface area contributed by atoms with Gasteiger partial charge in [-0.15, -0.1) is 11.3 Å². The molecule has 3 N–H and O–H groups in total. The zero-order chi connectivity index (χ0) is 54.1. The Kier molecular flexibility index (Phi) is 16.5. The van der Waals surface area contributed by atoms with E-state index in [4.69, 9.17) is 31.0 Å². The van der Waals surface area contributed by atoms with Gasteiger partial charge in [-0.1, -0.05) is 80.9 Å². The Morgan fingerprint density at radius 1 is 0.935 bits per heavy atom. The molecule has 3 aliphatic heterocycles. The summed E-state index contributed by atoms with van der Waals surface area (Å²) in [5.41, 5.74) is 4.93. The van der Waals surface area contributed by atoms with Crippen LogP contribution in [0.1, 0.15) is 109 Å². The summed E-state index contributed by atoms with van der Waals surface area (Å²) in [4.78, 5) is 63.2. The number of phenolic OH excluding ortho intramolecular Hbond substituents is 1. The Labute approximate surface area is 459 Å². The van der Waals surface area contributed by atoms with Crippen molar-refractivity contribution in [2.24, 2.45) is 17.3 Å². The lowest BCUT2D eigenvalue weighted by Crippen LogP contribution is -2.50. The quantitative estimate of drug-likeness (QED) is 0.0839. The lowest BCUT2D eigenvalue weighted by molar-refractivity contribution is -0.147. The van der Waals surface area contributed by atoms with Crippen LogP contribution in [0.2, 0.25) is 5.02 Å². The first-order valence-electron chi connectivity index (χ1n) is 27.5. The van der Waals surface area contributed by atoms with Crippen LogP contribution in [0.25, 0.3) is 43.2 Å². The van der Waals surface area contributed by atoms with Crippen molar-refractivity contribution in [2.75, 3.05) is 50.8 Å². The number of hydrogen-bond donors (Lipinski definition) is 3. The molecule has 1 aliphatic carbocycles. The van der Waals surface area contributed by atoms with E-state index in [-0.39, 0.29) is 95.6 Å². The van der Waals surface area contributed by atoms with Gasteiger partial charge in [0.15, 0.2) is 11.6 Å². The molecule has 0 unspecified atom stereocenters. The summed E-state index contributed by atoms with van der Waals surface area (Å²) in [7, 11) is 0. The summed E-state index contributed by atoms with van der Waals surface area (Å²) < 4.78 is 30.0. The van der Waals surface area contributed by atoms with Gasteiger partial charge in [0.25, 0.3) is 0 Å². The molecule has 2 amide bonds. The predicted octanol–water partition coefficient (Wildman–Crippen LogP) is 10.9. The summed E-state index contributed by atoms with van der Waals surface area (Å²) in [5.74, 6) is -1.28. The van der Waals surface area contributed by atoms with Gasteiger partial charge in [-0.2, -0.15) is 9.97 Å². The van der Waals surface area contributed by atoms with Gasteiger partial charge < -0.3 is 34.8 Å². The first-order chi connectivity index (χ1) is 37.0. The van der Waals surface area contributed by atoms with E-state index in [0.29, 0.717) is 23.4 Å². The highest BCUT2D eigenvalue weighted by Gasteiger charge is 2.45. The van der Waals surface area contributed by atoms with Crippen LogP contribution in [0.15, 0.2) is 72.2 Å². The summed E-state index contributed by atoms with van der Waals surface area (Å²) >= 11 is 8.55. The number of anilines is 1. The summed E-state index contributed by atoms with van der Waals surface area (Å²) in [6, 6.07) is 19.5. The number of aryl methyl sites for hydroxylation is 1. The van der Waals surface area contributed by atoms with E-state index in [1.807, 2.05) is 88.7 Å². The van der Waals surface area contributed by atoms with Crippen LogP contribution in [0, 0.1) is 30.0 Å². The fraction of sp³-hybridized carbons (Fsp3) is 0.500. The highest BCUT2D eigenvalue weighted by Crippen LogP contribution is 2.44. The number of piperidine rings is 2. The minimum atomic E-state index is -0.867. The molecular weight excluding hydrogens is 1020 g/mol. The summed E-state index contributed by atoms with van der Waals surface area (Å²) in [5, 5.41) is 26.8. The van der Waals surface area contributed by atoms with Crippen molar-refractivity contribution < 1.29 is 38.5 Å². The molecular formula is C60H71ClFN7O7S. The smallest absolute Gasteiger partial charge is 0.319 e.